The van der Waals surface area contributed by atoms with Crippen LogP contribution in [-0.4, -0.2) is 54.5 Å². The first-order valence-electron chi connectivity index (χ1n) is 6.86. The molecule has 1 fully saturated rings. The molecule has 0 unspecified atom stereocenters. The van der Waals surface area contributed by atoms with Gasteiger partial charge >= 0.3 is 0 Å². The van der Waals surface area contributed by atoms with Crippen molar-refractivity contribution in [3.63, 3.8) is 0 Å². The summed E-state index contributed by atoms with van der Waals surface area (Å²) in [5.41, 5.74) is 0.790. The van der Waals surface area contributed by atoms with Crippen molar-refractivity contribution in [2.45, 2.75) is 26.1 Å². The Hall–Kier alpha value is -1.53. The van der Waals surface area contributed by atoms with Crippen LogP contribution in [0.5, 0.6) is 17.2 Å². The van der Waals surface area contributed by atoms with Gasteiger partial charge in [-0.05, 0) is 26.0 Å². The van der Waals surface area contributed by atoms with Crippen molar-refractivity contribution in [1.82, 2.24) is 4.90 Å². The first-order chi connectivity index (χ1) is 9.96. The Morgan fingerprint density at radius 2 is 1.67 bits per heavy atom. The monoisotopic (exact) mass is 311 g/mol. The summed E-state index contributed by atoms with van der Waals surface area (Å²) >= 11 is 5.58. The molecule has 0 aliphatic carbocycles. The third kappa shape index (κ3) is 3.39. The van der Waals surface area contributed by atoms with Crippen LogP contribution in [0.15, 0.2) is 12.1 Å². The maximum Gasteiger partial charge on any atom is 0.200 e. The third-order valence-corrected chi connectivity index (χ3v) is 3.93. The molecule has 2 rings (SSSR count). The highest BCUT2D eigenvalue weighted by molar-refractivity contribution is 7.80. The number of benzene rings is 1. The van der Waals surface area contributed by atoms with Crippen LogP contribution in [0.4, 0.5) is 0 Å². The topological polar surface area (TPSA) is 51.2 Å². The number of thiocarbonyl (C=S) groups is 1. The van der Waals surface area contributed by atoms with E-state index in [0.29, 0.717) is 16.5 Å². The van der Waals surface area contributed by atoms with E-state index < -0.39 is 0 Å². The van der Waals surface area contributed by atoms with Crippen molar-refractivity contribution in [3.8, 4) is 17.2 Å². The molecule has 1 aromatic rings. The van der Waals surface area contributed by atoms with E-state index in [2.05, 4.69) is 4.90 Å². The molecular formula is C15H21NO4S. The van der Waals surface area contributed by atoms with Crippen LogP contribution in [0.25, 0.3) is 0 Å². The fourth-order valence-electron chi connectivity index (χ4n) is 2.54. The Bertz CT molecular complexity index is 499. The molecule has 1 aliphatic rings. The Kier molecular flexibility index (Phi) is 4.90. The molecule has 0 aromatic heterocycles. The lowest BCUT2D eigenvalue weighted by molar-refractivity contribution is -0.0472. The number of nitrogens with zero attached hydrogens (tertiary/aromatic N) is 1. The van der Waals surface area contributed by atoms with Gasteiger partial charge in [0.05, 0.1) is 26.4 Å². The third-order valence-electron chi connectivity index (χ3n) is 3.43. The number of hydrogen-bond donors (Lipinski definition) is 1. The summed E-state index contributed by atoms with van der Waals surface area (Å²) in [7, 11) is 3.00. The van der Waals surface area contributed by atoms with Crippen LogP contribution in [0.3, 0.4) is 0 Å². The van der Waals surface area contributed by atoms with E-state index in [9.17, 15) is 5.11 Å². The van der Waals surface area contributed by atoms with Crippen LogP contribution < -0.4 is 9.47 Å². The van der Waals surface area contributed by atoms with Crippen LogP contribution in [0.1, 0.15) is 19.4 Å². The number of rotatable bonds is 3. The summed E-state index contributed by atoms with van der Waals surface area (Å²) in [6, 6.07) is 3.45. The minimum Gasteiger partial charge on any atom is -0.502 e. The van der Waals surface area contributed by atoms with Gasteiger partial charge in [0, 0.05) is 18.7 Å². The largest absolute Gasteiger partial charge is 0.502 e. The summed E-state index contributed by atoms with van der Waals surface area (Å²) in [5, 5.41) is 9.96. The zero-order valence-electron chi connectivity index (χ0n) is 12.8. The van der Waals surface area contributed by atoms with Crippen LogP contribution >= 0.6 is 12.2 Å². The molecule has 2 atom stereocenters. The first-order valence-corrected chi connectivity index (χ1v) is 7.26. The molecule has 0 spiro atoms. The second kappa shape index (κ2) is 6.49. The first kappa shape index (κ1) is 15.9. The number of phenols is 1. The predicted molar refractivity (Wildman–Crippen MR) is 84.5 cm³/mol. The number of ether oxygens (including phenoxy) is 3. The fourth-order valence-corrected chi connectivity index (χ4v) is 2.81. The van der Waals surface area contributed by atoms with Gasteiger partial charge in [0.15, 0.2) is 11.5 Å². The summed E-state index contributed by atoms with van der Waals surface area (Å²) in [6.07, 6.45) is 0.264. The Balaban J connectivity index is 2.30. The van der Waals surface area contributed by atoms with E-state index in [1.54, 1.807) is 12.1 Å². The van der Waals surface area contributed by atoms with Crippen molar-refractivity contribution >= 4 is 17.2 Å². The van der Waals surface area contributed by atoms with Gasteiger partial charge in [-0.3, -0.25) is 0 Å². The van der Waals surface area contributed by atoms with E-state index in [4.69, 9.17) is 26.4 Å². The average molecular weight is 311 g/mol. The summed E-state index contributed by atoms with van der Waals surface area (Å²) < 4.78 is 16.1. The summed E-state index contributed by atoms with van der Waals surface area (Å²) in [4.78, 5) is 2.81. The predicted octanol–water partition coefficient (Wildman–Crippen LogP) is 2.19. The molecule has 0 radical (unpaired) electrons. The molecule has 0 amide bonds. The minimum atomic E-state index is -0.0183. The number of methoxy groups -OCH3 is 2. The Labute approximate surface area is 130 Å². The van der Waals surface area contributed by atoms with Crippen molar-refractivity contribution in [1.29, 1.82) is 0 Å². The molecular weight excluding hydrogens is 290 g/mol. The number of hydrogen-bond acceptors (Lipinski definition) is 5. The van der Waals surface area contributed by atoms with Gasteiger partial charge < -0.3 is 24.2 Å². The van der Waals surface area contributed by atoms with Gasteiger partial charge in [-0.15, -0.1) is 0 Å². The molecule has 1 saturated heterocycles. The van der Waals surface area contributed by atoms with E-state index in [1.807, 2.05) is 13.8 Å². The second-order valence-corrected chi connectivity index (χ2v) is 5.58. The second-order valence-electron chi connectivity index (χ2n) is 5.20. The molecule has 5 nitrogen and oxygen atoms in total. The van der Waals surface area contributed by atoms with Crippen LogP contribution in [0, 0.1) is 0 Å². The highest BCUT2D eigenvalue weighted by atomic mass is 32.1. The fraction of sp³-hybridized carbons (Fsp3) is 0.533. The van der Waals surface area contributed by atoms with Crippen molar-refractivity contribution in [3.05, 3.63) is 17.7 Å². The Morgan fingerprint density at radius 1 is 1.19 bits per heavy atom. The molecule has 6 heteroatoms. The van der Waals surface area contributed by atoms with Gasteiger partial charge in [-0.1, -0.05) is 12.2 Å². The van der Waals surface area contributed by atoms with Gasteiger partial charge in [0.1, 0.15) is 4.99 Å². The van der Waals surface area contributed by atoms with Crippen LogP contribution in [-0.2, 0) is 4.74 Å². The summed E-state index contributed by atoms with van der Waals surface area (Å²) in [5.74, 6) is 0.678. The smallest absolute Gasteiger partial charge is 0.200 e. The van der Waals surface area contributed by atoms with Crippen LogP contribution in [0.2, 0.25) is 0 Å². The average Bonchev–Trinajstić information content (AvgIpc) is 2.45. The molecule has 21 heavy (non-hydrogen) atoms. The normalized spacial score (nSPS) is 22.0. The van der Waals surface area contributed by atoms with Crippen molar-refractivity contribution < 1.29 is 19.3 Å². The van der Waals surface area contributed by atoms with E-state index in [-0.39, 0.29) is 18.0 Å². The SMILES string of the molecule is COc1cc(C(=S)N2C[C@H](C)O[C@@H](C)C2)cc(OC)c1O. The zero-order valence-corrected chi connectivity index (χ0v) is 13.6. The molecule has 1 aromatic carbocycles. The van der Waals surface area contributed by atoms with Gasteiger partial charge in [-0.2, -0.15) is 0 Å². The summed E-state index contributed by atoms with van der Waals surface area (Å²) in [6.45, 7) is 5.55. The van der Waals surface area contributed by atoms with E-state index >= 15 is 0 Å². The number of morpholine rings is 1. The Morgan fingerprint density at radius 3 is 2.10 bits per heavy atom. The maximum absolute atomic E-state index is 9.96. The highest BCUT2D eigenvalue weighted by Gasteiger charge is 2.25. The maximum atomic E-state index is 9.96. The van der Waals surface area contributed by atoms with E-state index in [0.717, 1.165) is 18.7 Å². The van der Waals surface area contributed by atoms with Gasteiger partial charge in [0.25, 0.3) is 0 Å². The number of phenolic OH excluding ortho intramolecular Hbond substituents is 1. The zero-order chi connectivity index (χ0) is 15.6. The molecule has 1 N–H and O–H groups in total. The lowest BCUT2D eigenvalue weighted by Gasteiger charge is -2.37. The van der Waals surface area contributed by atoms with Crippen molar-refractivity contribution in [2.24, 2.45) is 0 Å². The van der Waals surface area contributed by atoms with Gasteiger partial charge in [0.2, 0.25) is 5.75 Å². The highest BCUT2D eigenvalue weighted by Crippen LogP contribution is 2.37. The molecule has 0 bridgehead atoms. The van der Waals surface area contributed by atoms with Gasteiger partial charge in [-0.25, -0.2) is 0 Å². The standard InChI is InChI=1S/C15H21NO4S/c1-9-7-16(8-10(2)20-9)15(21)11-5-12(18-3)14(17)13(6-11)19-4/h5-6,9-10,17H,7-8H2,1-4H3/t9-,10-/m0/s1. The molecule has 0 saturated carbocycles. The lowest BCUT2D eigenvalue weighted by atomic mass is 10.1. The molecule has 1 aliphatic heterocycles. The quantitative estimate of drug-likeness (QED) is 0.864. The van der Waals surface area contributed by atoms with Crippen molar-refractivity contribution in [2.75, 3.05) is 27.3 Å². The minimum absolute atomic E-state index is 0.0183. The molecule has 116 valence electrons. The molecule has 1 heterocycles. The van der Waals surface area contributed by atoms with E-state index in [1.165, 1.54) is 14.2 Å². The lowest BCUT2D eigenvalue weighted by Crippen LogP contribution is -2.47. The number of aromatic hydroxyl groups is 1.